The molecule has 0 aliphatic heterocycles. The van der Waals surface area contributed by atoms with E-state index in [-0.39, 0.29) is 5.41 Å². The zero-order chi connectivity index (χ0) is 19.6. The van der Waals surface area contributed by atoms with Crippen molar-refractivity contribution in [2.75, 3.05) is 0 Å². The monoisotopic (exact) mass is 385 g/mol. The lowest BCUT2D eigenvalue weighted by Crippen LogP contribution is -2.13. The second-order valence-corrected chi connectivity index (χ2v) is 9.95. The number of rotatable bonds is 1. The molecule has 0 amide bonds. The number of furan rings is 1. The molecule has 5 rings (SSSR count). The SMILES string of the molecule is Cc1cc2cc3oc4c(-c5cc(C(C)(C)C)c(C)cn5)cccc4c3cc2s1. The maximum Gasteiger partial charge on any atom is 0.144 e. The number of aromatic nitrogens is 1. The molecule has 0 fully saturated rings. The third-order valence-corrected chi connectivity index (χ3v) is 6.46. The van der Waals surface area contributed by atoms with Gasteiger partial charge in [-0.3, -0.25) is 4.98 Å². The predicted molar refractivity (Wildman–Crippen MR) is 121 cm³/mol. The highest BCUT2D eigenvalue weighted by Gasteiger charge is 2.20. The highest BCUT2D eigenvalue weighted by Crippen LogP contribution is 2.39. The van der Waals surface area contributed by atoms with Gasteiger partial charge in [0.2, 0.25) is 0 Å². The Balaban J connectivity index is 1.79. The Hall–Kier alpha value is -2.65. The molecule has 0 N–H and O–H groups in total. The van der Waals surface area contributed by atoms with Crippen LogP contribution in [0.25, 0.3) is 43.3 Å². The van der Waals surface area contributed by atoms with Crippen molar-refractivity contribution < 1.29 is 4.42 Å². The van der Waals surface area contributed by atoms with E-state index in [0.717, 1.165) is 27.8 Å². The van der Waals surface area contributed by atoms with Gasteiger partial charge < -0.3 is 4.42 Å². The summed E-state index contributed by atoms with van der Waals surface area (Å²) in [6.45, 7) is 11.0. The Morgan fingerprint density at radius 3 is 2.57 bits per heavy atom. The van der Waals surface area contributed by atoms with Crippen LogP contribution < -0.4 is 0 Å². The van der Waals surface area contributed by atoms with Crippen molar-refractivity contribution >= 4 is 43.4 Å². The van der Waals surface area contributed by atoms with Crippen molar-refractivity contribution in [3.63, 3.8) is 0 Å². The zero-order valence-corrected chi connectivity index (χ0v) is 17.7. The number of benzene rings is 2. The van der Waals surface area contributed by atoms with E-state index in [2.05, 4.69) is 77.1 Å². The number of thiophene rings is 1. The number of hydrogen-bond acceptors (Lipinski definition) is 3. The maximum absolute atomic E-state index is 6.38. The van der Waals surface area contributed by atoms with Crippen molar-refractivity contribution in [3.8, 4) is 11.3 Å². The fourth-order valence-electron chi connectivity index (χ4n) is 4.14. The fourth-order valence-corrected chi connectivity index (χ4v) is 5.09. The normalized spacial score (nSPS) is 12.5. The van der Waals surface area contributed by atoms with Crippen LogP contribution in [0.5, 0.6) is 0 Å². The van der Waals surface area contributed by atoms with Gasteiger partial charge in [0.25, 0.3) is 0 Å². The summed E-state index contributed by atoms with van der Waals surface area (Å²) >= 11 is 1.83. The Bertz CT molecular complexity index is 1360. The molecule has 2 nitrogen and oxygen atoms in total. The van der Waals surface area contributed by atoms with E-state index in [0.29, 0.717) is 0 Å². The lowest BCUT2D eigenvalue weighted by atomic mass is 9.84. The molecule has 0 unspecified atom stereocenters. The van der Waals surface area contributed by atoms with E-state index in [1.807, 2.05) is 17.5 Å². The minimum absolute atomic E-state index is 0.0752. The molecule has 28 heavy (non-hydrogen) atoms. The molecule has 0 spiro atoms. The van der Waals surface area contributed by atoms with Crippen molar-refractivity contribution in [2.45, 2.75) is 40.0 Å². The van der Waals surface area contributed by atoms with Crippen molar-refractivity contribution in [3.05, 3.63) is 64.7 Å². The van der Waals surface area contributed by atoms with Gasteiger partial charge in [0.05, 0.1) is 5.69 Å². The molecule has 0 atom stereocenters. The molecule has 3 aromatic heterocycles. The molecule has 5 aromatic rings. The van der Waals surface area contributed by atoms with Gasteiger partial charge in [-0.05, 0) is 66.1 Å². The standard InChI is InChI=1S/C25H23NOS/c1-14-13-26-21(12-20(14)25(3,4)5)18-8-6-7-17-19-11-23-16(9-15(2)28-23)10-22(19)27-24(17)18/h6-13H,1-5H3. The van der Waals surface area contributed by atoms with Crippen LogP contribution in [0.2, 0.25) is 0 Å². The van der Waals surface area contributed by atoms with E-state index in [4.69, 9.17) is 9.40 Å². The molecular weight excluding hydrogens is 362 g/mol. The molecular formula is C25H23NOS. The van der Waals surface area contributed by atoms with E-state index in [1.54, 1.807) is 0 Å². The second-order valence-electron chi connectivity index (χ2n) is 8.66. The summed E-state index contributed by atoms with van der Waals surface area (Å²) < 4.78 is 7.68. The van der Waals surface area contributed by atoms with Gasteiger partial charge in [-0.1, -0.05) is 32.9 Å². The lowest BCUT2D eigenvalue weighted by Gasteiger charge is -2.22. The Morgan fingerprint density at radius 2 is 1.79 bits per heavy atom. The van der Waals surface area contributed by atoms with E-state index < -0.39 is 0 Å². The number of nitrogens with zero attached hydrogens (tertiary/aromatic N) is 1. The third kappa shape index (κ3) is 2.65. The first kappa shape index (κ1) is 17.4. The first-order valence-corrected chi connectivity index (χ1v) is 10.5. The zero-order valence-electron chi connectivity index (χ0n) is 16.9. The van der Waals surface area contributed by atoms with Crippen LogP contribution in [0.1, 0.15) is 36.8 Å². The van der Waals surface area contributed by atoms with Crippen LogP contribution in [0.3, 0.4) is 0 Å². The van der Waals surface area contributed by atoms with E-state index >= 15 is 0 Å². The highest BCUT2D eigenvalue weighted by atomic mass is 32.1. The van der Waals surface area contributed by atoms with Gasteiger partial charge in [-0.15, -0.1) is 11.3 Å². The van der Waals surface area contributed by atoms with Crippen LogP contribution in [0.4, 0.5) is 0 Å². The van der Waals surface area contributed by atoms with Crippen LogP contribution in [-0.2, 0) is 5.41 Å². The highest BCUT2D eigenvalue weighted by molar-refractivity contribution is 7.19. The lowest BCUT2D eigenvalue weighted by molar-refractivity contribution is 0.585. The third-order valence-electron chi connectivity index (χ3n) is 5.45. The summed E-state index contributed by atoms with van der Waals surface area (Å²) in [4.78, 5) is 6.07. The summed E-state index contributed by atoms with van der Waals surface area (Å²) in [5, 5.41) is 3.58. The quantitative estimate of drug-likeness (QED) is 0.294. The molecule has 0 aliphatic carbocycles. The van der Waals surface area contributed by atoms with Crippen LogP contribution in [0.15, 0.2) is 53.1 Å². The van der Waals surface area contributed by atoms with Gasteiger partial charge >= 0.3 is 0 Å². The van der Waals surface area contributed by atoms with Gasteiger partial charge in [-0.25, -0.2) is 0 Å². The smallest absolute Gasteiger partial charge is 0.144 e. The van der Waals surface area contributed by atoms with Gasteiger partial charge in [-0.2, -0.15) is 0 Å². The summed E-state index contributed by atoms with van der Waals surface area (Å²) in [6.07, 6.45) is 1.98. The van der Waals surface area contributed by atoms with Gasteiger partial charge in [0, 0.05) is 32.1 Å². The Morgan fingerprint density at radius 1 is 0.964 bits per heavy atom. The molecule has 0 aliphatic rings. The topological polar surface area (TPSA) is 26.0 Å². The molecule has 2 aromatic carbocycles. The summed E-state index contributed by atoms with van der Waals surface area (Å²) in [5.41, 5.74) is 6.51. The average molecular weight is 386 g/mol. The largest absolute Gasteiger partial charge is 0.455 e. The van der Waals surface area contributed by atoms with Crippen molar-refractivity contribution in [1.29, 1.82) is 0 Å². The molecule has 0 bridgehead atoms. The summed E-state index contributed by atoms with van der Waals surface area (Å²) in [7, 11) is 0. The maximum atomic E-state index is 6.38. The molecule has 0 saturated carbocycles. The minimum Gasteiger partial charge on any atom is -0.455 e. The number of hydrogen-bond donors (Lipinski definition) is 0. The molecule has 140 valence electrons. The van der Waals surface area contributed by atoms with Gasteiger partial charge in [0.15, 0.2) is 0 Å². The minimum atomic E-state index is 0.0752. The predicted octanol–water partition coefficient (Wildman–Crippen LogP) is 7.78. The first-order chi connectivity index (χ1) is 13.3. The van der Waals surface area contributed by atoms with Crippen LogP contribution in [0, 0.1) is 13.8 Å². The van der Waals surface area contributed by atoms with Gasteiger partial charge in [0.1, 0.15) is 11.2 Å². The fraction of sp³-hybridized carbons (Fsp3) is 0.240. The van der Waals surface area contributed by atoms with Crippen molar-refractivity contribution in [1.82, 2.24) is 4.98 Å². The second kappa shape index (κ2) is 5.92. The Labute approximate surface area is 168 Å². The summed E-state index contributed by atoms with van der Waals surface area (Å²) in [5.74, 6) is 0. The summed E-state index contributed by atoms with van der Waals surface area (Å²) in [6, 6.07) is 15.2. The van der Waals surface area contributed by atoms with Crippen molar-refractivity contribution in [2.24, 2.45) is 0 Å². The first-order valence-electron chi connectivity index (χ1n) is 9.64. The average Bonchev–Trinajstić information content (AvgIpc) is 3.17. The molecule has 0 saturated heterocycles. The van der Waals surface area contributed by atoms with Crippen LogP contribution >= 0.6 is 11.3 Å². The number of para-hydroxylation sites is 1. The molecule has 0 radical (unpaired) electrons. The van der Waals surface area contributed by atoms with E-state index in [9.17, 15) is 0 Å². The number of pyridine rings is 1. The van der Waals surface area contributed by atoms with Crippen LogP contribution in [-0.4, -0.2) is 4.98 Å². The molecule has 3 heterocycles. The number of fused-ring (bicyclic) bond motifs is 4. The Kier molecular flexibility index (Phi) is 3.69. The molecule has 3 heteroatoms. The van der Waals surface area contributed by atoms with E-state index in [1.165, 1.54) is 31.5 Å². The number of aryl methyl sites for hydroxylation is 2.